The summed E-state index contributed by atoms with van der Waals surface area (Å²) in [5.41, 5.74) is 0.531. The number of sulfonamides is 1. The summed E-state index contributed by atoms with van der Waals surface area (Å²) in [5.74, 6) is -0.0567. The Morgan fingerprint density at radius 3 is 2.55 bits per heavy atom. The zero-order valence-electron chi connectivity index (χ0n) is 11.7. The molecule has 0 aliphatic heterocycles. The van der Waals surface area contributed by atoms with E-state index in [9.17, 15) is 13.2 Å². The van der Waals surface area contributed by atoms with Gasteiger partial charge in [0.25, 0.3) is 0 Å². The number of hydrogen-bond acceptors (Lipinski definition) is 4. The number of aromatic nitrogens is 1. The number of rotatable bonds is 7. The van der Waals surface area contributed by atoms with Crippen LogP contribution in [0, 0.1) is 0 Å². The highest BCUT2D eigenvalue weighted by Crippen LogP contribution is 2.13. The predicted molar refractivity (Wildman–Crippen MR) is 84.4 cm³/mol. The Labute approximate surface area is 134 Å². The molecule has 5 nitrogen and oxygen atoms in total. The van der Waals surface area contributed by atoms with Crippen molar-refractivity contribution >= 4 is 27.4 Å². The van der Waals surface area contributed by atoms with Gasteiger partial charge in [-0.3, -0.25) is 9.78 Å². The van der Waals surface area contributed by atoms with Crippen molar-refractivity contribution in [1.29, 1.82) is 0 Å². The number of carbonyl (C=O) groups is 1. The molecule has 2 aromatic rings. The first-order valence-electron chi connectivity index (χ1n) is 6.67. The minimum Gasteiger partial charge on any atom is -0.294 e. The fraction of sp³-hybridized carbons (Fsp3) is 0.200. The lowest BCUT2D eigenvalue weighted by atomic mass is 10.1. The maximum absolute atomic E-state index is 12.0. The second-order valence-corrected chi connectivity index (χ2v) is 6.82. The second-order valence-electron chi connectivity index (χ2n) is 4.62. The number of nitrogens with one attached hydrogen (secondary N) is 1. The van der Waals surface area contributed by atoms with Crippen LogP contribution in [0.15, 0.2) is 53.7 Å². The highest BCUT2D eigenvalue weighted by Gasteiger charge is 2.13. The normalized spacial score (nSPS) is 11.3. The molecule has 0 aliphatic rings. The number of Topliss-reactive ketones (excluding diaryl/α,β-unsaturated/α-hetero) is 1. The molecule has 1 heterocycles. The summed E-state index contributed by atoms with van der Waals surface area (Å²) in [6.07, 6.45) is 3.77. The molecule has 0 saturated heterocycles. The van der Waals surface area contributed by atoms with Gasteiger partial charge in [0.1, 0.15) is 0 Å². The predicted octanol–water partition coefficient (Wildman–Crippen LogP) is 2.68. The summed E-state index contributed by atoms with van der Waals surface area (Å²) >= 11 is 5.72. The van der Waals surface area contributed by atoms with Crippen LogP contribution in [0.3, 0.4) is 0 Å². The maximum atomic E-state index is 12.0. The van der Waals surface area contributed by atoms with E-state index in [2.05, 4.69) is 9.71 Å². The summed E-state index contributed by atoms with van der Waals surface area (Å²) in [6, 6.07) is 9.28. The zero-order valence-corrected chi connectivity index (χ0v) is 13.3. The van der Waals surface area contributed by atoms with Crippen LogP contribution in [-0.4, -0.2) is 25.7 Å². The van der Waals surface area contributed by atoms with E-state index < -0.39 is 10.0 Å². The average molecular weight is 339 g/mol. The first-order valence-corrected chi connectivity index (χ1v) is 8.53. The van der Waals surface area contributed by atoms with Crippen LogP contribution in [0.25, 0.3) is 0 Å². The fourth-order valence-corrected chi connectivity index (χ4v) is 3.02. The van der Waals surface area contributed by atoms with Crippen molar-refractivity contribution in [2.45, 2.75) is 17.7 Å². The minimum atomic E-state index is -3.57. The van der Waals surface area contributed by atoms with Gasteiger partial charge in [-0.05, 0) is 42.8 Å². The topological polar surface area (TPSA) is 76.1 Å². The number of nitrogens with zero attached hydrogens (tertiary/aromatic N) is 1. The van der Waals surface area contributed by atoms with E-state index >= 15 is 0 Å². The molecule has 0 amide bonds. The smallest absolute Gasteiger partial charge is 0.240 e. The molecule has 116 valence electrons. The van der Waals surface area contributed by atoms with Gasteiger partial charge in [-0.1, -0.05) is 11.6 Å². The quantitative estimate of drug-likeness (QED) is 0.622. The van der Waals surface area contributed by atoms with Crippen LogP contribution in [0.2, 0.25) is 5.02 Å². The molecule has 0 atom stereocenters. The van der Waals surface area contributed by atoms with Crippen molar-refractivity contribution in [3.8, 4) is 0 Å². The summed E-state index contributed by atoms with van der Waals surface area (Å²) in [5, 5.41) is 0.473. The zero-order chi connectivity index (χ0) is 16.0. The van der Waals surface area contributed by atoms with Gasteiger partial charge >= 0.3 is 0 Å². The fourth-order valence-electron chi connectivity index (χ4n) is 1.82. The Kier molecular flexibility index (Phi) is 5.65. The molecule has 1 aromatic heterocycles. The van der Waals surface area contributed by atoms with E-state index in [1.807, 2.05) is 0 Å². The summed E-state index contributed by atoms with van der Waals surface area (Å²) < 4.78 is 26.5. The van der Waals surface area contributed by atoms with E-state index in [1.54, 1.807) is 18.3 Å². The van der Waals surface area contributed by atoms with Crippen molar-refractivity contribution < 1.29 is 13.2 Å². The van der Waals surface area contributed by atoms with Crippen LogP contribution >= 0.6 is 11.6 Å². The van der Waals surface area contributed by atoms with E-state index in [4.69, 9.17) is 11.6 Å². The molecular weight excluding hydrogens is 324 g/mol. The lowest BCUT2D eigenvalue weighted by Crippen LogP contribution is -2.25. The lowest BCUT2D eigenvalue weighted by Gasteiger charge is -2.06. The largest absolute Gasteiger partial charge is 0.294 e. The Morgan fingerprint density at radius 1 is 1.18 bits per heavy atom. The number of carbonyl (C=O) groups excluding carboxylic acids is 1. The first kappa shape index (κ1) is 16.6. The number of hydrogen-bond donors (Lipinski definition) is 1. The third-order valence-corrected chi connectivity index (χ3v) is 4.71. The van der Waals surface area contributed by atoms with Gasteiger partial charge in [0.15, 0.2) is 5.78 Å². The molecule has 0 unspecified atom stereocenters. The van der Waals surface area contributed by atoms with E-state index in [0.717, 1.165) is 0 Å². The SMILES string of the molecule is O=C(CCCNS(=O)(=O)c1ccc(Cl)cc1)c1cccnc1. The van der Waals surface area contributed by atoms with Crippen LogP contribution in [0.1, 0.15) is 23.2 Å². The summed E-state index contributed by atoms with van der Waals surface area (Å²) in [6.45, 7) is 0.191. The lowest BCUT2D eigenvalue weighted by molar-refractivity contribution is 0.0980. The van der Waals surface area contributed by atoms with Gasteiger partial charge in [0, 0.05) is 35.9 Å². The molecule has 0 aliphatic carbocycles. The third kappa shape index (κ3) is 4.62. The van der Waals surface area contributed by atoms with Crippen molar-refractivity contribution in [2.75, 3.05) is 6.54 Å². The van der Waals surface area contributed by atoms with Crippen molar-refractivity contribution in [2.24, 2.45) is 0 Å². The highest BCUT2D eigenvalue weighted by molar-refractivity contribution is 7.89. The standard InChI is InChI=1S/C15H15ClN2O3S/c16-13-5-7-14(8-6-13)22(20,21)18-10-2-4-15(19)12-3-1-9-17-11-12/h1,3,5-9,11,18H,2,4,10H2. The molecule has 7 heteroatoms. The Balaban J connectivity index is 1.83. The minimum absolute atomic E-state index is 0.0567. The summed E-state index contributed by atoms with van der Waals surface area (Å²) in [7, 11) is -3.57. The third-order valence-electron chi connectivity index (χ3n) is 2.98. The van der Waals surface area contributed by atoms with Gasteiger partial charge in [-0.15, -0.1) is 0 Å². The molecule has 22 heavy (non-hydrogen) atoms. The van der Waals surface area contributed by atoms with Crippen molar-refractivity contribution in [3.05, 3.63) is 59.4 Å². The van der Waals surface area contributed by atoms with Crippen LogP contribution in [0.4, 0.5) is 0 Å². The molecule has 0 spiro atoms. The molecule has 0 fully saturated rings. The van der Waals surface area contributed by atoms with Gasteiger partial charge in [-0.25, -0.2) is 13.1 Å². The number of benzene rings is 1. The van der Waals surface area contributed by atoms with E-state index in [1.165, 1.54) is 30.5 Å². The van der Waals surface area contributed by atoms with Crippen molar-refractivity contribution in [3.63, 3.8) is 0 Å². The van der Waals surface area contributed by atoms with Gasteiger partial charge in [0.05, 0.1) is 4.90 Å². The average Bonchev–Trinajstić information content (AvgIpc) is 2.52. The van der Waals surface area contributed by atoms with Gasteiger partial charge < -0.3 is 0 Å². The molecule has 1 N–H and O–H groups in total. The second kappa shape index (κ2) is 7.49. The Morgan fingerprint density at radius 2 is 1.91 bits per heavy atom. The van der Waals surface area contributed by atoms with Gasteiger partial charge in [0.2, 0.25) is 10.0 Å². The number of halogens is 1. The van der Waals surface area contributed by atoms with Crippen molar-refractivity contribution in [1.82, 2.24) is 9.71 Å². The molecular formula is C15H15ClN2O3S. The molecule has 0 radical (unpaired) electrons. The molecule has 0 saturated carbocycles. The van der Waals surface area contributed by atoms with Crippen LogP contribution in [-0.2, 0) is 10.0 Å². The molecule has 2 rings (SSSR count). The maximum Gasteiger partial charge on any atom is 0.240 e. The number of ketones is 1. The van der Waals surface area contributed by atoms with Gasteiger partial charge in [-0.2, -0.15) is 0 Å². The number of pyridine rings is 1. The Bertz CT molecular complexity index is 731. The van der Waals surface area contributed by atoms with E-state index in [-0.39, 0.29) is 23.6 Å². The Hall–Kier alpha value is -1.76. The highest BCUT2D eigenvalue weighted by atomic mass is 35.5. The van der Waals surface area contributed by atoms with Crippen LogP contribution in [0.5, 0.6) is 0 Å². The van der Waals surface area contributed by atoms with Crippen LogP contribution < -0.4 is 4.72 Å². The molecule has 1 aromatic carbocycles. The van der Waals surface area contributed by atoms with E-state index in [0.29, 0.717) is 17.0 Å². The first-order chi connectivity index (χ1) is 10.5. The monoisotopic (exact) mass is 338 g/mol. The molecule has 0 bridgehead atoms. The summed E-state index contributed by atoms with van der Waals surface area (Å²) in [4.78, 5) is 15.9.